The number of thioether (sulfide) groups is 1. The van der Waals surface area contributed by atoms with Crippen LogP contribution >= 0.6 is 11.8 Å². The van der Waals surface area contributed by atoms with Crippen molar-refractivity contribution in [3.63, 3.8) is 0 Å². The van der Waals surface area contributed by atoms with Crippen LogP contribution in [0.25, 0.3) is 5.69 Å². The molecule has 0 aliphatic carbocycles. The van der Waals surface area contributed by atoms with E-state index >= 15 is 0 Å². The maximum absolute atomic E-state index is 12.3. The van der Waals surface area contributed by atoms with Gasteiger partial charge < -0.3 is 14.8 Å². The van der Waals surface area contributed by atoms with Crippen molar-refractivity contribution >= 4 is 17.7 Å². The zero-order chi connectivity index (χ0) is 22.8. The molecule has 0 radical (unpaired) electrons. The molecule has 0 aliphatic heterocycles. The number of para-hydroxylation sites is 2. The Balaban J connectivity index is 1.63. The standard InChI is InChI=1S/C24H30N4O3S/c1-18(2)30-15-9-14-25-23(29)17-32-24-27-26-22(28(24)20-11-5-4-6-12-20)16-31-21-13-8-7-10-19(21)3/h4-8,10-13,18H,9,14-17H2,1-3H3,(H,25,29). The monoisotopic (exact) mass is 454 g/mol. The molecule has 0 saturated carbocycles. The number of ether oxygens (including phenoxy) is 2. The highest BCUT2D eigenvalue weighted by atomic mass is 32.2. The van der Waals surface area contributed by atoms with Crippen LogP contribution < -0.4 is 10.1 Å². The number of nitrogens with one attached hydrogen (secondary N) is 1. The van der Waals surface area contributed by atoms with Gasteiger partial charge in [0.15, 0.2) is 11.0 Å². The minimum Gasteiger partial charge on any atom is -0.485 e. The summed E-state index contributed by atoms with van der Waals surface area (Å²) in [4.78, 5) is 12.3. The first-order valence-corrected chi connectivity index (χ1v) is 11.7. The molecule has 0 bridgehead atoms. The van der Waals surface area contributed by atoms with Gasteiger partial charge in [-0.2, -0.15) is 0 Å². The second-order valence-corrected chi connectivity index (χ2v) is 8.48. The molecule has 1 amide bonds. The summed E-state index contributed by atoms with van der Waals surface area (Å²) in [6, 6.07) is 17.7. The number of aryl methyl sites for hydroxylation is 1. The Kier molecular flexibility index (Phi) is 9.13. The van der Waals surface area contributed by atoms with Crippen LogP contribution in [0.15, 0.2) is 59.8 Å². The lowest BCUT2D eigenvalue weighted by molar-refractivity contribution is -0.118. The van der Waals surface area contributed by atoms with E-state index in [9.17, 15) is 4.79 Å². The summed E-state index contributed by atoms with van der Waals surface area (Å²) < 4.78 is 13.4. The summed E-state index contributed by atoms with van der Waals surface area (Å²) in [5.74, 6) is 1.70. The highest BCUT2D eigenvalue weighted by Gasteiger charge is 2.16. The van der Waals surface area contributed by atoms with Gasteiger partial charge in [-0.05, 0) is 51.0 Å². The molecule has 0 atom stereocenters. The molecule has 0 saturated heterocycles. The molecule has 0 fully saturated rings. The second kappa shape index (κ2) is 12.3. The maximum Gasteiger partial charge on any atom is 0.230 e. The Hall–Kier alpha value is -2.84. The van der Waals surface area contributed by atoms with Crippen LogP contribution in [0.3, 0.4) is 0 Å². The third-order valence-corrected chi connectivity index (χ3v) is 5.52. The van der Waals surface area contributed by atoms with Crippen molar-refractivity contribution in [2.75, 3.05) is 18.9 Å². The lowest BCUT2D eigenvalue weighted by atomic mass is 10.2. The van der Waals surface area contributed by atoms with Crippen LogP contribution in [0.1, 0.15) is 31.7 Å². The summed E-state index contributed by atoms with van der Waals surface area (Å²) in [6.45, 7) is 7.50. The molecular weight excluding hydrogens is 424 g/mol. The van der Waals surface area contributed by atoms with E-state index < -0.39 is 0 Å². The number of amides is 1. The van der Waals surface area contributed by atoms with Gasteiger partial charge in [0.2, 0.25) is 5.91 Å². The molecule has 1 heterocycles. The van der Waals surface area contributed by atoms with Gasteiger partial charge in [0.05, 0.1) is 11.9 Å². The van der Waals surface area contributed by atoms with E-state index in [2.05, 4.69) is 15.5 Å². The smallest absolute Gasteiger partial charge is 0.230 e. The summed E-state index contributed by atoms with van der Waals surface area (Å²) in [5.41, 5.74) is 1.98. The molecule has 2 aromatic carbocycles. The van der Waals surface area contributed by atoms with Crippen LogP contribution in [0, 0.1) is 6.92 Å². The second-order valence-electron chi connectivity index (χ2n) is 7.54. The first-order chi connectivity index (χ1) is 15.5. The van der Waals surface area contributed by atoms with Gasteiger partial charge in [-0.25, -0.2) is 0 Å². The molecular formula is C24H30N4O3S. The van der Waals surface area contributed by atoms with Crippen LogP contribution in [0.4, 0.5) is 0 Å². The van der Waals surface area contributed by atoms with Crippen molar-refractivity contribution in [1.29, 1.82) is 0 Å². The van der Waals surface area contributed by atoms with Crippen LogP contribution in [-0.2, 0) is 16.1 Å². The van der Waals surface area contributed by atoms with Crippen LogP contribution in [0.5, 0.6) is 5.75 Å². The third kappa shape index (κ3) is 7.10. The maximum atomic E-state index is 12.3. The van der Waals surface area contributed by atoms with E-state index in [-0.39, 0.29) is 24.4 Å². The molecule has 0 spiro atoms. The van der Waals surface area contributed by atoms with Crippen molar-refractivity contribution in [3.05, 3.63) is 66.0 Å². The topological polar surface area (TPSA) is 78.3 Å². The van der Waals surface area contributed by atoms with Crippen molar-refractivity contribution in [2.45, 2.75) is 45.1 Å². The number of aromatic nitrogens is 3. The number of rotatable bonds is 12. The highest BCUT2D eigenvalue weighted by molar-refractivity contribution is 7.99. The Labute approximate surface area is 193 Å². The van der Waals surface area contributed by atoms with E-state index in [4.69, 9.17) is 9.47 Å². The van der Waals surface area contributed by atoms with Gasteiger partial charge in [0.1, 0.15) is 12.4 Å². The Bertz CT molecular complexity index is 992. The largest absolute Gasteiger partial charge is 0.485 e. The van der Waals surface area contributed by atoms with Gasteiger partial charge in [-0.1, -0.05) is 48.2 Å². The zero-order valence-electron chi connectivity index (χ0n) is 18.8. The lowest BCUT2D eigenvalue weighted by Crippen LogP contribution is -2.27. The van der Waals surface area contributed by atoms with Gasteiger partial charge in [-0.15, -0.1) is 10.2 Å². The molecule has 0 unspecified atom stereocenters. The van der Waals surface area contributed by atoms with Crippen molar-refractivity contribution in [3.8, 4) is 11.4 Å². The van der Waals surface area contributed by atoms with E-state index in [0.717, 1.165) is 23.4 Å². The number of benzene rings is 2. The Morgan fingerprint density at radius 2 is 1.84 bits per heavy atom. The van der Waals surface area contributed by atoms with Gasteiger partial charge in [0.25, 0.3) is 0 Å². The van der Waals surface area contributed by atoms with Crippen molar-refractivity contribution in [1.82, 2.24) is 20.1 Å². The third-order valence-electron chi connectivity index (χ3n) is 4.59. The minimum atomic E-state index is -0.0418. The minimum absolute atomic E-state index is 0.0418. The normalized spacial score (nSPS) is 11.0. The van der Waals surface area contributed by atoms with E-state index in [1.807, 2.05) is 79.9 Å². The number of hydrogen-bond acceptors (Lipinski definition) is 6. The summed E-state index contributed by atoms with van der Waals surface area (Å²) in [7, 11) is 0. The summed E-state index contributed by atoms with van der Waals surface area (Å²) >= 11 is 1.35. The fourth-order valence-electron chi connectivity index (χ4n) is 2.98. The zero-order valence-corrected chi connectivity index (χ0v) is 19.6. The molecule has 1 N–H and O–H groups in total. The van der Waals surface area contributed by atoms with Gasteiger partial charge in [0, 0.05) is 18.8 Å². The van der Waals surface area contributed by atoms with Crippen molar-refractivity contribution in [2.24, 2.45) is 0 Å². The van der Waals surface area contributed by atoms with E-state index in [0.29, 0.717) is 24.1 Å². The number of carbonyl (C=O) groups excluding carboxylic acids is 1. The van der Waals surface area contributed by atoms with Crippen LogP contribution in [-0.4, -0.2) is 45.7 Å². The van der Waals surface area contributed by atoms with Crippen LogP contribution in [0.2, 0.25) is 0 Å². The molecule has 170 valence electrons. The first-order valence-electron chi connectivity index (χ1n) is 10.7. The number of nitrogens with zero attached hydrogens (tertiary/aromatic N) is 3. The molecule has 3 aromatic rings. The fraction of sp³-hybridized carbons (Fsp3) is 0.375. The molecule has 32 heavy (non-hydrogen) atoms. The molecule has 1 aromatic heterocycles. The number of carbonyl (C=O) groups is 1. The molecule has 7 nitrogen and oxygen atoms in total. The summed E-state index contributed by atoms with van der Waals surface area (Å²) in [6.07, 6.45) is 0.990. The quantitative estimate of drug-likeness (QED) is 0.327. The SMILES string of the molecule is Cc1ccccc1OCc1nnc(SCC(=O)NCCCOC(C)C)n1-c1ccccc1. The molecule has 0 aliphatic rings. The predicted octanol–water partition coefficient (Wildman–Crippen LogP) is 4.18. The van der Waals surface area contributed by atoms with Crippen molar-refractivity contribution < 1.29 is 14.3 Å². The van der Waals surface area contributed by atoms with Gasteiger partial charge in [-0.3, -0.25) is 9.36 Å². The number of hydrogen-bond donors (Lipinski definition) is 1. The average molecular weight is 455 g/mol. The average Bonchev–Trinajstić information content (AvgIpc) is 3.20. The fourth-order valence-corrected chi connectivity index (χ4v) is 3.79. The van der Waals surface area contributed by atoms with E-state index in [1.165, 1.54) is 11.8 Å². The molecule has 3 rings (SSSR count). The lowest BCUT2D eigenvalue weighted by Gasteiger charge is -2.12. The predicted molar refractivity (Wildman–Crippen MR) is 126 cm³/mol. The Morgan fingerprint density at radius 3 is 2.59 bits per heavy atom. The first kappa shape index (κ1) is 23.8. The summed E-state index contributed by atoms with van der Waals surface area (Å²) in [5, 5.41) is 12.2. The Morgan fingerprint density at radius 1 is 1.09 bits per heavy atom. The molecule has 8 heteroatoms. The van der Waals surface area contributed by atoms with Gasteiger partial charge >= 0.3 is 0 Å². The highest BCUT2D eigenvalue weighted by Crippen LogP contribution is 2.24. The van der Waals surface area contributed by atoms with E-state index in [1.54, 1.807) is 0 Å².